The Kier molecular flexibility index (Phi) is 4.71. The van der Waals surface area contributed by atoms with Crippen molar-refractivity contribution in [3.8, 4) is 5.88 Å². The van der Waals surface area contributed by atoms with Gasteiger partial charge in [-0.25, -0.2) is 4.98 Å². The molecule has 0 spiro atoms. The summed E-state index contributed by atoms with van der Waals surface area (Å²) in [4.78, 5) is 4.51. The van der Waals surface area contributed by atoms with Crippen molar-refractivity contribution < 1.29 is 9.84 Å². The van der Waals surface area contributed by atoms with Gasteiger partial charge in [-0.1, -0.05) is 18.2 Å². The Morgan fingerprint density at radius 2 is 2.16 bits per heavy atom. The van der Waals surface area contributed by atoms with Gasteiger partial charge in [-0.15, -0.1) is 0 Å². The molecule has 0 saturated carbocycles. The summed E-state index contributed by atoms with van der Waals surface area (Å²) >= 11 is 0. The van der Waals surface area contributed by atoms with Gasteiger partial charge in [0.15, 0.2) is 0 Å². The van der Waals surface area contributed by atoms with Gasteiger partial charge in [-0.2, -0.15) is 0 Å². The van der Waals surface area contributed by atoms with Crippen molar-refractivity contribution in [3.63, 3.8) is 0 Å². The summed E-state index contributed by atoms with van der Waals surface area (Å²) in [6.45, 7) is 2.93. The first kappa shape index (κ1) is 13.8. The molecule has 1 aromatic carbocycles. The first-order valence-corrected chi connectivity index (χ1v) is 6.51. The first-order valence-electron chi connectivity index (χ1n) is 6.51. The summed E-state index contributed by atoms with van der Waals surface area (Å²) in [5, 5.41) is 13.4. The van der Waals surface area contributed by atoms with Crippen molar-refractivity contribution in [2.75, 3.05) is 13.7 Å². The van der Waals surface area contributed by atoms with Crippen LogP contribution < -0.4 is 10.1 Å². The number of fused-ring (bicyclic) bond motifs is 1. The lowest BCUT2D eigenvalue weighted by Gasteiger charge is -2.14. The molecule has 102 valence electrons. The lowest BCUT2D eigenvalue weighted by Crippen LogP contribution is -2.26. The third-order valence-corrected chi connectivity index (χ3v) is 3.16. The highest BCUT2D eigenvalue weighted by atomic mass is 16.5. The molecule has 19 heavy (non-hydrogen) atoms. The monoisotopic (exact) mass is 260 g/mol. The molecule has 1 atom stereocenters. The minimum absolute atomic E-state index is 0.196. The maximum Gasteiger partial charge on any atom is 0.218 e. The molecule has 0 fully saturated rings. The maximum atomic E-state index is 8.90. The number of para-hydroxylation sites is 1. The fourth-order valence-electron chi connectivity index (χ4n) is 2.03. The van der Waals surface area contributed by atoms with Crippen molar-refractivity contribution in [3.05, 3.63) is 35.9 Å². The van der Waals surface area contributed by atoms with Crippen molar-refractivity contribution in [2.24, 2.45) is 0 Å². The van der Waals surface area contributed by atoms with Crippen LogP contribution in [0.4, 0.5) is 0 Å². The summed E-state index contributed by atoms with van der Waals surface area (Å²) in [6, 6.07) is 10.4. The summed E-state index contributed by atoms with van der Waals surface area (Å²) in [7, 11) is 1.64. The number of aromatic nitrogens is 1. The molecular formula is C15H20N2O2. The van der Waals surface area contributed by atoms with Crippen LogP contribution in [-0.2, 0) is 6.54 Å². The highest BCUT2D eigenvalue weighted by molar-refractivity contribution is 5.80. The molecule has 1 aromatic heterocycles. The normalized spacial score (nSPS) is 12.6. The van der Waals surface area contributed by atoms with E-state index in [9.17, 15) is 0 Å². The van der Waals surface area contributed by atoms with Crippen LogP contribution in [0, 0.1) is 0 Å². The van der Waals surface area contributed by atoms with Crippen molar-refractivity contribution in [2.45, 2.75) is 25.9 Å². The molecule has 0 aliphatic rings. The molecule has 0 aliphatic carbocycles. The van der Waals surface area contributed by atoms with Crippen LogP contribution in [0.5, 0.6) is 5.88 Å². The lowest BCUT2D eigenvalue weighted by atomic mass is 10.1. The van der Waals surface area contributed by atoms with Gasteiger partial charge in [-0.05, 0) is 25.5 Å². The molecule has 0 bridgehead atoms. The molecule has 0 amide bonds. The maximum absolute atomic E-state index is 8.90. The highest BCUT2D eigenvalue weighted by Gasteiger charge is 2.08. The van der Waals surface area contributed by atoms with Crippen LogP contribution in [0.1, 0.15) is 18.9 Å². The second-order valence-electron chi connectivity index (χ2n) is 4.64. The average molecular weight is 260 g/mol. The molecule has 1 heterocycles. The van der Waals surface area contributed by atoms with E-state index in [0.717, 1.165) is 22.9 Å². The molecule has 0 saturated heterocycles. The lowest BCUT2D eigenvalue weighted by molar-refractivity contribution is 0.268. The number of hydrogen-bond donors (Lipinski definition) is 2. The van der Waals surface area contributed by atoms with E-state index in [-0.39, 0.29) is 12.6 Å². The summed E-state index contributed by atoms with van der Waals surface area (Å²) < 4.78 is 5.35. The van der Waals surface area contributed by atoms with E-state index < -0.39 is 0 Å². The summed E-state index contributed by atoms with van der Waals surface area (Å²) in [5.41, 5.74) is 1.97. The molecular weight excluding hydrogens is 240 g/mol. The van der Waals surface area contributed by atoms with Gasteiger partial charge in [0.1, 0.15) is 0 Å². The number of nitrogens with zero attached hydrogens (tertiary/aromatic N) is 1. The third kappa shape index (κ3) is 3.43. The Balaban J connectivity index is 2.21. The van der Waals surface area contributed by atoms with E-state index in [1.807, 2.05) is 24.3 Å². The number of hydrogen-bond acceptors (Lipinski definition) is 4. The van der Waals surface area contributed by atoms with Crippen LogP contribution >= 0.6 is 0 Å². The highest BCUT2D eigenvalue weighted by Crippen LogP contribution is 2.22. The van der Waals surface area contributed by atoms with Crippen molar-refractivity contribution in [1.82, 2.24) is 10.3 Å². The third-order valence-electron chi connectivity index (χ3n) is 3.16. The topological polar surface area (TPSA) is 54.4 Å². The zero-order chi connectivity index (χ0) is 13.7. The van der Waals surface area contributed by atoms with E-state index >= 15 is 0 Å². The summed E-state index contributed by atoms with van der Waals surface area (Å²) in [5.74, 6) is 0.655. The van der Waals surface area contributed by atoms with E-state index in [0.29, 0.717) is 12.4 Å². The van der Waals surface area contributed by atoms with Gasteiger partial charge in [0.25, 0.3) is 0 Å². The second kappa shape index (κ2) is 6.50. The van der Waals surface area contributed by atoms with Gasteiger partial charge in [-0.3, -0.25) is 0 Å². The molecule has 2 aromatic rings. The fraction of sp³-hybridized carbons (Fsp3) is 0.400. The number of aliphatic hydroxyl groups is 1. The SMILES string of the molecule is COc1nc2ccccc2cc1CNC(C)CCO. The second-order valence-corrected chi connectivity index (χ2v) is 4.64. The van der Waals surface area contributed by atoms with Crippen LogP contribution in [0.15, 0.2) is 30.3 Å². The number of aliphatic hydroxyl groups excluding tert-OH is 1. The van der Waals surface area contributed by atoms with E-state index in [2.05, 4.69) is 23.3 Å². The molecule has 2 rings (SSSR count). The molecule has 0 aliphatic heterocycles. The van der Waals surface area contributed by atoms with Crippen LogP contribution in [0.25, 0.3) is 10.9 Å². The number of benzene rings is 1. The van der Waals surface area contributed by atoms with Gasteiger partial charge in [0, 0.05) is 30.1 Å². The van der Waals surface area contributed by atoms with Crippen molar-refractivity contribution >= 4 is 10.9 Å². The molecule has 4 heteroatoms. The molecule has 2 N–H and O–H groups in total. The number of ether oxygens (including phenoxy) is 1. The molecule has 4 nitrogen and oxygen atoms in total. The number of pyridine rings is 1. The standard InChI is InChI=1S/C15H20N2O2/c1-11(7-8-18)16-10-13-9-12-5-3-4-6-14(12)17-15(13)19-2/h3-6,9,11,16,18H,7-8,10H2,1-2H3. The van der Waals surface area contributed by atoms with Crippen LogP contribution in [0.2, 0.25) is 0 Å². The van der Waals surface area contributed by atoms with Crippen LogP contribution in [-0.4, -0.2) is 29.8 Å². The Morgan fingerprint density at radius 1 is 1.37 bits per heavy atom. The molecule has 0 radical (unpaired) electrons. The van der Waals surface area contributed by atoms with E-state index in [1.54, 1.807) is 7.11 Å². The zero-order valence-electron chi connectivity index (χ0n) is 11.4. The fourth-order valence-corrected chi connectivity index (χ4v) is 2.03. The summed E-state index contributed by atoms with van der Waals surface area (Å²) in [6.07, 6.45) is 0.739. The van der Waals surface area contributed by atoms with Gasteiger partial charge in [0.05, 0.1) is 12.6 Å². The average Bonchev–Trinajstić information content (AvgIpc) is 2.44. The largest absolute Gasteiger partial charge is 0.481 e. The number of nitrogens with one attached hydrogen (secondary N) is 1. The van der Waals surface area contributed by atoms with Crippen molar-refractivity contribution in [1.29, 1.82) is 0 Å². The van der Waals surface area contributed by atoms with Crippen LogP contribution in [0.3, 0.4) is 0 Å². The number of methoxy groups -OCH3 is 1. The molecule has 1 unspecified atom stereocenters. The van der Waals surface area contributed by atoms with Gasteiger partial charge < -0.3 is 15.2 Å². The minimum atomic E-state index is 0.196. The minimum Gasteiger partial charge on any atom is -0.481 e. The predicted molar refractivity (Wildman–Crippen MR) is 76.3 cm³/mol. The first-order chi connectivity index (χ1) is 9.24. The Labute approximate surface area is 113 Å². The zero-order valence-corrected chi connectivity index (χ0v) is 11.4. The Bertz CT molecular complexity index is 543. The Morgan fingerprint density at radius 3 is 2.89 bits per heavy atom. The quantitative estimate of drug-likeness (QED) is 0.835. The van der Waals surface area contributed by atoms with Gasteiger partial charge >= 0.3 is 0 Å². The van der Waals surface area contributed by atoms with E-state index in [4.69, 9.17) is 9.84 Å². The predicted octanol–water partition coefficient (Wildman–Crippen LogP) is 2.10. The number of rotatable bonds is 6. The smallest absolute Gasteiger partial charge is 0.218 e. The van der Waals surface area contributed by atoms with Gasteiger partial charge in [0.2, 0.25) is 5.88 Å². The Hall–Kier alpha value is -1.65. The van der Waals surface area contributed by atoms with E-state index in [1.165, 1.54) is 0 Å².